The number of fused-ring (bicyclic) bond motifs is 2. The maximum Gasteiger partial charge on any atom is 0.404 e. The van der Waals surface area contributed by atoms with Crippen molar-refractivity contribution in [1.82, 2.24) is 15.0 Å². The second kappa shape index (κ2) is 10.3. The number of nitrogens with zero attached hydrogens (tertiary/aromatic N) is 3. The van der Waals surface area contributed by atoms with E-state index in [1.54, 1.807) is 13.0 Å². The largest absolute Gasteiger partial charge is 0.490 e. The van der Waals surface area contributed by atoms with Crippen molar-refractivity contribution in [1.29, 1.82) is 0 Å². The third-order valence-corrected chi connectivity index (χ3v) is 6.51. The molecule has 36 heavy (non-hydrogen) atoms. The van der Waals surface area contributed by atoms with E-state index in [9.17, 15) is 14.0 Å². The lowest BCUT2D eigenvalue weighted by Crippen LogP contribution is -2.35. The third kappa shape index (κ3) is 5.43. The molecule has 10 nitrogen and oxygen atoms in total. The maximum atomic E-state index is 14.8. The lowest BCUT2D eigenvalue weighted by molar-refractivity contribution is -0.120. The second-order valence-corrected chi connectivity index (χ2v) is 9.33. The molecular weight excluding hydrogens is 489 g/mol. The van der Waals surface area contributed by atoms with E-state index in [0.717, 1.165) is 11.1 Å². The summed E-state index contributed by atoms with van der Waals surface area (Å²) >= 11 is 1.36. The van der Waals surface area contributed by atoms with Gasteiger partial charge in [0.05, 0.1) is 47.6 Å². The van der Waals surface area contributed by atoms with Gasteiger partial charge in [0.1, 0.15) is 11.1 Å². The van der Waals surface area contributed by atoms with Crippen LogP contribution in [-0.4, -0.2) is 46.8 Å². The molecule has 1 unspecified atom stereocenters. The molecule has 4 rings (SSSR count). The summed E-state index contributed by atoms with van der Waals surface area (Å²) in [4.78, 5) is 36.0. The number of primary amides is 2. The van der Waals surface area contributed by atoms with Crippen LogP contribution in [0.2, 0.25) is 0 Å². The number of hydrogen-bond acceptors (Lipinski definition) is 9. The Morgan fingerprint density at radius 2 is 1.92 bits per heavy atom. The van der Waals surface area contributed by atoms with Crippen LogP contribution in [0, 0.1) is 18.7 Å². The number of halogens is 1. The summed E-state index contributed by atoms with van der Waals surface area (Å²) in [7, 11) is 1.53. The molecule has 2 aromatic carbocycles. The fourth-order valence-corrected chi connectivity index (χ4v) is 4.69. The molecule has 0 saturated heterocycles. The molecule has 2 aromatic heterocycles. The lowest BCUT2D eigenvalue weighted by atomic mass is 10.0. The molecule has 2 heterocycles. The zero-order valence-corrected chi connectivity index (χ0v) is 20.6. The summed E-state index contributed by atoms with van der Waals surface area (Å²) in [6.45, 7) is 3.58. The fraction of sp³-hybridized carbons (Fsp3) is 0.292. The third-order valence-electron chi connectivity index (χ3n) is 5.46. The normalized spacial score (nSPS) is 12.9. The highest BCUT2D eigenvalue weighted by atomic mass is 32.1. The van der Waals surface area contributed by atoms with Crippen LogP contribution in [0.15, 0.2) is 30.5 Å². The van der Waals surface area contributed by atoms with Gasteiger partial charge in [-0.25, -0.2) is 24.1 Å². The van der Waals surface area contributed by atoms with Gasteiger partial charge in [0.2, 0.25) is 11.8 Å². The Morgan fingerprint density at radius 1 is 1.14 bits per heavy atom. The number of aryl methyl sites for hydroxylation is 1. The van der Waals surface area contributed by atoms with Crippen LogP contribution in [0.25, 0.3) is 31.8 Å². The number of carbonyl (C=O) groups is 2. The van der Waals surface area contributed by atoms with Gasteiger partial charge < -0.3 is 25.7 Å². The quantitative estimate of drug-likeness (QED) is 0.343. The molecule has 0 aliphatic heterocycles. The number of rotatable bonds is 9. The minimum absolute atomic E-state index is 0.0000725. The molecule has 0 fully saturated rings. The Bertz CT molecular complexity index is 1440. The molecular formula is C24H24FN5O5S. The van der Waals surface area contributed by atoms with Crippen LogP contribution in [0.5, 0.6) is 11.6 Å². The summed E-state index contributed by atoms with van der Waals surface area (Å²) in [5.41, 5.74) is 13.8. The molecule has 0 saturated carbocycles. The van der Waals surface area contributed by atoms with E-state index in [1.807, 2.05) is 19.1 Å². The summed E-state index contributed by atoms with van der Waals surface area (Å²) in [5, 5.41) is 0.652. The summed E-state index contributed by atoms with van der Waals surface area (Å²) in [6.07, 6.45) is -0.623. The van der Waals surface area contributed by atoms with Gasteiger partial charge in [0.25, 0.3) is 0 Å². The van der Waals surface area contributed by atoms with E-state index in [2.05, 4.69) is 15.0 Å². The minimum Gasteiger partial charge on any atom is -0.490 e. The van der Waals surface area contributed by atoms with Gasteiger partial charge in [-0.1, -0.05) is 6.92 Å². The van der Waals surface area contributed by atoms with Crippen molar-refractivity contribution in [2.75, 3.05) is 13.7 Å². The SMILES string of the molecule is COc1cnc2c(-c3nc4cc(F)c(OC[C@@H](C)C(CC(N)=O)OC(N)=O)cc4s3)cc(C)cc2n1. The predicted octanol–water partition coefficient (Wildman–Crippen LogP) is 3.72. The Hall–Kier alpha value is -4.06. The van der Waals surface area contributed by atoms with Crippen molar-refractivity contribution in [3.63, 3.8) is 0 Å². The number of thiazole rings is 1. The minimum atomic E-state index is -1.04. The molecule has 4 aromatic rings. The van der Waals surface area contributed by atoms with E-state index in [0.29, 0.717) is 32.1 Å². The van der Waals surface area contributed by atoms with Gasteiger partial charge in [0.15, 0.2) is 11.6 Å². The zero-order chi connectivity index (χ0) is 26.0. The van der Waals surface area contributed by atoms with Crippen molar-refractivity contribution in [2.45, 2.75) is 26.4 Å². The van der Waals surface area contributed by atoms with Crippen molar-refractivity contribution in [3.8, 4) is 22.2 Å². The van der Waals surface area contributed by atoms with Crippen LogP contribution in [0.3, 0.4) is 0 Å². The van der Waals surface area contributed by atoms with Gasteiger partial charge in [-0.3, -0.25) is 4.79 Å². The monoisotopic (exact) mass is 513 g/mol. The Morgan fingerprint density at radius 3 is 2.61 bits per heavy atom. The van der Waals surface area contributed by atoms with Crippen LogP contribution in [0.1, 0.15) is 18.9 Å². The molecule has 2 amide bonds. The fourth-order valence-electron chi connectivity index (χ4n) is 3.70. The number of methoxy groups -OCH3 is 1. The van der Waals surface area contributed by atoms with Gasteiger partial charge in [-0.05, 0) is 24.6 Å². The van der Waals surface area contributed by atoms with E-state index in [-0.39, 0.29) is 18.8 Å². The average molecular weight is 514 g/mol. The van der Waals surface area contributed by atoms with Gasteiger partial charge >= 0.3 is 6.09 Å². The molecule has 188 valence electrons. The van der Waals surface area contributed by atoms with Crippen molar-refractivity contribution >= 4 is 44.6 Å². The van der Waals surface area contributed by atoms with Crippen LogP contribution in [-0.2, 0) is 9.53 Å². The Balaban J connectivity index is 1.62. The lowest BCUT2D eigenvalue weighted by Gasteiger charge is -2.22. The number of amides is 2. The number of hydrogen-bond donors (Lipinski definition) is 2. The number of carbonyl (C=O) groups excluding carboxylic acids is 2. The van der Waals surface area contributed by atoms with Crippen molar-refractivity contribution in [3.05, 3.63) is 41.8 Å². The molecule has 4 N–H and O–H groups in total. The predicted molar refractivity (Wildman–Crippen MR) is 132 cm³/mol. The summed E-state index contributed by atoms with van der Waals surface area (Å²) in [5.74, 6) is -1.34. The smallest absolute Gasteiger partial charge is 0.404 e. The summed E-state index contributed by atoms with van der Waals surface area (Å²) in [6, 6.07) is 6.71. The average Bonchev–Trinajstić information content (AvgIpc) is 3.22. The molecule has 0 aliphatic rings. The molecule has 0 spiro atoms. The van der Waals surface area contributed by atoms with Gasteiger partial charge in [0, 0.05) is 23.6 Å². The molecule has 0 radical (unpaired) electrons. The topological polar surface area (TPSA) is 153 Å². The number of benzene rings is 2. The van der Waals surface area contributed by atoms with Crippen molar-refractivity contribution in [2.24, 2.45) is 17.4 Å². The van der Waals surface area contributed by atoms with Crippen molar-refractivity contribution < 1.29 is 28.2 Å². The highest BCUT2D eigenvalue weighted by Gasteiger charge is 2.24. The molecule has 2 atom stereocenters. The first-order valence-corrected chi connectivity index (χ1v) is 11.7. The van der Waals surface area contributed by atoms with Gasteiger partial charge in [-0.15, -0.1) is 11.3 Å². The highest BCUT2D eigenvalue weighted by molar-refractivity contribution is 7.21. The van der Waals surface area contributed by atoms with E-state index >= 15 is 0 Å². The summed E-state index contributed by atoms with van der Waals surface area (Å²) < 4.78 is 31.3. The van der Waals surface area contributed by atoms with E-state index in [1.165, 1.54) is 30.7 Å². The standard InChI is InChI=1S/C24H24FN5O5S/c1-11-4-13(22-16(5-11)29-21(33-3)9-28-22)23-30-15-6-14(25)18(7-19(15)36-23)34-10-12(2)17(8-20(26)31)35-24(27)32/h4-7,9,12,17H,8,10H2,1-3H3,(H2,26,31)(H2,27,32)/t12-,17?/m1/s1. The maximum absolute atomic E-state index is 14.8. The van der Waals surface area contributed by atoms with Crippen LogP contribution >= 0.6 is 11.3 Å². The Kier molecular flexibility index (Phi) is 7.15. The number of nitrogens with two attached hydrogens (primary N) is 2. The van der Waals surface area contributed by atoms with E-state index < -0.39 is 29.8 Å². The number of aromatic nitrogens is 3. The van der Waals surface area contributed by atoms with Gasteiger partial charge in [-0.2, -0.15) is 0 Å². The second-order valence-electron chi connectivity index (χ2n) is 8.30. The molecule has 0 bridgehead atoms. The first-order chi connectivity index (χ1) is 17.1. The highest BCUT2D eigenvalue weighted by Crippen LogP contribution is 2.37. The first-order valence-electron chi connectivity index (χ1n) is 10.9. The molecule has 12 heteroatoms. The van der Waals surface area contributed by atoms with Crippen LogP contribution < -0.4 is 20.9 Å². The number of ether oxygens (including phenoxy) is 3. The molecule has 0 aliphatic carbocycles. The Labute approximate surface area is 209 Å². The zero-order valence-electron chi connectivity index (χ0n) is 19.8. The van der Waals surface area contributed by atoms with Crippen LogP contribution in [0.4, 0.5) is 9.18 Å². The first kappa shape index (κ1) is 25.0. The van der Waals surface area contributed by atoms with E-state index in [4.69, 9.17) is 25.7 Å².